The summed E-state index contributed by atoms with van der Waals surface area (Å²) < 4.78 is 38.9. The first-order valence-corrected chi connectivity index (χ1v) is 17.2. The zero-order valence-corrected chi connectivity index (χ0v) is 26.4. The molecule has 0 aromatic heterocycles. The summed E-state index contributed by atoms with van der Waals surface area (Å²) in [6, 6.07) is 32.7. The topological polar surface area (TPSA) is 36.9 Å². The van der Waals surface area contributed by atoms with Crippen molar-refractivity contribution in [3.8, 4) is 11.5 Å². The highest BCUT2D eigenvalue weighted by molar-refractivity contribution is 5.48. The number of hydrogen-bond donors (Lipinski definition) is 0. The molecular weight excluding hydrogens is 575 g/mol. The lowest BCUT2D eigenvalue weighted by Gasteiger charge is -2.45. The van der Waals surface area contributed by atoms with Crippen LogP contribution >= 0.6 is 0 Å². The third-order valence-corrected chi connectivity index (χ3v) is 11.0. The summed E-state index contributed by atoms with van der Waals surface area (Å²) in [5.74, 6) is 3.08. The van der Waals surface area contributed by atoms with Crippen molar-refractivity contribution >= 4 is 0 Å². The van der Waals surface area contributed by atoms with Crippen LogP contribution in [0.15, 0.2) is 97.1 Å². The lowest BCUT2D eigenvalue weighted by molar-refractivity contribution is -0.200. The average Bonchev–Trinajstić information content (AvgIpc) is 3.55. The second-order valence-corrected chi connectivity index (χ2v) is 13.8. The van der Waals surface area contributed by atoms with Gasteiger partial charge in [0.2, 0.25) is 0 Å². The van der Waals surface area contributed by atoms with E-state index in [-0.39, 0.29) is 29.5 Å². The molecule has 4 nitrogen and oxygen atoms in total. The van der Waals surface area contributed by atoms with Gasteiger partial charge in [-0.05, 0) is 120 Å². The second kappa shape index (κ2) is 12.8. The van der Waals surface area contributed by atoms with Crippen LogP contribution in [0.1, 0.15) is 84.6 Å². The van der Waals surface area contributed by atoms with Crippen molar-refractivity contribution in [1.29, 1.82) is 0 Å². The molecule has 1 aliphatic heterocycles. The van der Waals surface area contributed by atoms with E-state index in [4.69, 9.17) is 18.9 Å². The first-order chi connectivity index (χ1) is 22.6. The Hall–Kier alpha value is -3.67. The third kappa shape index (κ3) is 6.20. The number of ether oxygens (including phenoxy) is 4. The predicted octanol–water partition coefficient (Wildman–Crippen LogP) is 9.36. The van der Waals surface area contributed by atoms with Gasteiger partial charge in [-0.1, -0.05) is 60.7 Å². The molecule has 0 amide bonds. The van der Waals surface area contributed by atoms with Crippen LogP contribution in [0, 0.1) is 17.7 Å². The SMILES string of the molecule is Fc1ccc([C@H]2CCc3cc(OCc4ccccc4)ccc3[C@H]2c2ccc(OC3CCC4CCC5(CC4C3)OCCO5)cc2)cc1. The Balaban J connectivity index is 1.01. The van der Waals surface area contributed by atoms with Crippen LogP contribution in [0.25, 0.3) is 0 Å². The maximum absolute atomic E-state index is 13.9. The molecule has 4 aromatic carbocycles. The van der Waals surface area contributed by atoms with Crippen LogP contribution in [0.5, 0.6) is 11.5 Å². The number of hydrogen-bond acceptors (Lipinski definition) is 4. The number of rotatable bonds is 7. The van der Waals surface area contributed by atoms with Crippen LogP contribution in [-0.4, -0.2) is 25.1 Å². The highest BCUT2D eigenvalue weighted by Crippen LogP contribution is 2.49. The standard InChI is InChI=1S/C41H43FO4/c42-34-12-6-30(7-13-34)38-18-11-32-24-36(43-27-28-4-2-1-3-5-28)17-19-39(32)40(38)31-9-14-35(15-10-31)46-37-16-8-29-20-21-41(26-33(29)25-37)44-22-23-45-41/h1-7,9-10,12-15,17,19,24,29,33,37-38,40H,8,11,16,18,20-23,25-27H2/t29?,33?,37?,38-,40+/m1/s1. The molecule has 2 saturated carbocycles. The van der Waals surface area contributed by atoms with E-state index in [0.29, 0.717) is 12.5 Å². The van der Waals surface area contributed by atoms with Gasteiger partial charge in [-0.25, -0.2) is 4.39 Å². The first kappa shape index (κ1) is 29.7. The molecule has 46 heavy (non-hydrogen) atoms. The smallest absolute Gasteiger partial charge is 0.168 e. The number of benzene rings is 4. The van der Waals surface area contributed by atoms with E-state index in [1.54, 1.807) is 12.1 Å². The molecular formula is C41H43FO4. The molecule has 0 bridgehead atoms. The Kier molecular flexibility index (Phi) is 8.30. The van der Waals surface area contributed by atoms with Crippen molar-refractivity contribution in [3.05, 3.63) is 131 Å². The van der Waals surface area contributed by atoms with Crippen molar-refractivity contribution in [2.75, 3.05) is 13.2 Å². The van der Waals surface area contributed by atoms with E-state index in [1.165, 1.54) is 35.1 Å². The van der Waals surface area contributed by atoms with Crippen LogP contribution < -0.4 is 9.47 Å². The van der Waals surface area contributed by atoms with Crippen LogP contribution in [0.3, 0.4) is 0 Å². The van der Waals surface area contributed by atoms with Gasteiger partial charge in [-0.2, -0.15) is 0 Å². The van der Waals surface area contributed by atoms with E-state index < -0.39 is 0 Å². The summed E-state index contributed by atoms with van der Waals surface area (Å²) >= 11 is 0. The Labute approximate surface area is 271 Å². The Morgan fingerprint density at radius 3 is 2.30 bits per heavy atom. The number of fused-ring (bicyclic) bond motifs is 2. The fourth-order valence-electron chi connectivity index (χ4n) is 8.74. The van der Waals surface area contributed by atoms with E-state index in [0.717, 1.165) is 74.7 Å². The van der Waals surface area contributed by atoms with Gasteiger partial charge in [0.1, 0.15) is 23.9 Å². The molecule has 0 N–H and O–H groups in total. The summed E-state index contributed by atoms with van der Waals surface area (Å²) in [5.41, 5.74) is 6.24. The van der Waals surface area contributed by atoms with Crippen molar-refractivity contribution in [3.63, 3.8) is 0 Å². The highest BCUT2D eigenvalue weighted by atomic mass is 19.1. The van der Waals surface area contributed by atoms with Crippen LogP contribution in [0.2, 0.25) is 0 Å². The first-order valence-electron chi connectivity index (χ1n) is 17.2. The normalized spacial score (nSPS) is 26.7. The maximum Gasteiger partial charge on any atom is 0.168 e. The van der Waals surface area contributed by atoms with Crippen LogP contribution in [0.4, 0.5) is 4.39 Å². The molecule has 0 radical (unpaired) electrons. The second-order valence-electron chi connectivity index (χ2n) is 13.8. The minimum Gasteiger partial charge on any atom is -0.490 e. The zero-order valence-electron chi connectivity index (χ0n) is 26.4. The van der Waals surface area contributed by atoms with Crippen LogP contribution in [-0.2, 0) is 22.5 Å². The third-order valence-electron chi connectivity index (χ3n) is 11.0. The molecule has 4 aliphatic rings. The summed E-state index contributed by atoms with van der Waals surface area (Å²) in [7, 11) is 0. The molecule has 3 fully saturated rings. The summed E-state index contributed by atoms with van der Waals surface area (Å²) in [6.07, 6.45) is 8.80. The predicted molar refractivity (Wildman–Crippen MR) is 177 cm³/mol. The Bertz CT molecular complexity index is 1610. The van der Waals surface area contributed by atoms with Gasteiger partial charge in [0.05, 0.1) is 19.3 Å². The minimum absolute atomic E-state index is 0.159. The average molecular weight is 619 g/mol. The number of aryl methyl sites for hydroxylation is 1. The molecule has 3 unspecified atom stereocenters. The van der Waals surface area contributed by atoms with Gasteiger partial charge in [0.25, 0.3) is 0 Å². The van der Waals surface area contributed by atoms with E-state index in [9.17, 15) is 4.39 Å². The quantitative estimate of drug-likeness (QED) is 0.207. The molecule has 1 heterocycles. The van der Waals surface area contributed by atoms with Gasteiger partial charge in [0, 0.05) is 18.8 Å². The van der Waals surface area contributed by atoms with Crippen molar-refractivity contribution in [2.24, 2.45) is 11.8 Å². The molecule has 5 atom stereocenters. The summed E-state index contributed by atoms with van der Waals surface area (Å²) in [5, 5.41) is 0. The summed E-state index contributed by atoms with van der Waals surface area (Å²) in [6.45, 7) is 1.99. The zero-order chi connectivity index (χ0) is 30.9. The fraction of sp³-hybridized carbons (Fsp3) is 0.415. The molecule has 3 aliphatic carbocycles. The lowest BCUT2D eigenvalue weighted by atomic mass is 9.68. The van der Waals surface area contributed by atoms with E-state index >= 15 is 0 Å². The fourth-order valence-corrected chi connectivity index (χ4v) is 8.74. The van der Waals surface area contributed by atoms with Gasteiger partial charge < -0.3 is 18.9 Å². The van der Waals surface area contributed by atoms with Gasteiger partial charge in [0.15, 0.2) is 5.79 Å². The Morgan fingerprint density at radius 1 is 0.739 bits per heavy atom. The number of halogens is 1. The van der Waals surface area contributed by atoms with E-state index in [1.807, 2.05) is 30.3 Å². The molecule has 5 heteroatoms. The van der Waals surface area contributed by atoms with Gasteiger partial charge >= 0.3 is 0 Å². The molecule has 1 saturated heterocycles. The highest BCUT2D eigenvalue weighted by Gasteiger charge is 2.47. The van der Waals surface area contributed by atoms with Gasteiger partial charge in [-0.3, -0.25) is 0 Å². The van der Waals surface area contributed by atoms with Gasteiger partial charge in [-0.15, -0.1) is 0 Å². The minimum atomic E-state index is -0.336. The Morgan fingerprint density at radius 2 is 1.50 bits per heavy atom. The molecule has 8 rings (SSSR count). The largest absolute Gasteiger partial charge is 0.490 e. The lowest BCUT2D eigenvalue weighted by Crippen LogP contribution is -2.44. The molecule has 238 valence electrons. The molecule has 4 aromatic rings. The van der Waals surface area contributed by atoms with Crippen molar-refractivity contribution in [1.82, 2.24) is 0 Å². The van der Waals surface area contributed by atoms with Crippen molar-refractivity contribution < 1.29 is 23.3 Å². The summed E-state index contributed by atoms with van der Waals surface area (Å²) in [4.78, 5) is 0. The van der Waals surface area contributed by atoms with Crippen molar-refractivity contribution in [2.45, 2.75) is 81.7 Å². The van der Waals surface area contributed by atoms with E-state index in [2.05, 4.69) is 54.6 Å². The monoisotopic (exact) mass is 618 g/mol. The maximum atomic E-state index is 13.9. The molecule has 1 spiro atoms.